The number of benzene rings is 1. The van der Waals surface area contributed by atoms with Crippen molar-refractivity contribution in [2.24, 2.45) is 11.8 Å². The molecule has 3 aromatic heterocycles. The first-order valence-corrected chi connectivity index (χ1v) is 11.5. The number of anilines is 2. The Hall–Kier alpha value is -2.75. The molecule has 5 atom stereocenters. The Morgan fingerprint density at radius 2 is 1.97 bits per heavy atom. The van der Waals surface area contributed by atoms with E-state index in [2.05, 4.69) is 43.0 Å². The monoisotopic (exact) mass is 494 g/mol. The number of hydrogen-bond donors (Lipinski definition) is 4. The Bertz CT molecular complexity index is 1370. The van der Waals surface area contributed by atoms with E-state index in [1.165, 1.54) is 6.33 Å². The van der Waals surface area contributed by atoms with E-state index in [0.717, 1.165) is 45.6 Å². The molecule has 164 valence electrons. The minimum Gasteiger partial charge on any atom is -0.390 e. The minimum atomic E-state index is -0.847. The lowest BCUT2D eigenvalue weighted by Gasteiger charge is -2.25. The predicted molar refractivity (Wildman–Crippen MR) is 126 cm³/mol. The first kappa shape index (κ1) is 19.9. The number of pyridine rings is 1. The molecule has 0 spiro atoms. The van der Waals surface area contributed by atoms with Crippen molar-refractivity contribution in [2.75, 3.05) is 11.5 Å². The molecule has 3 heterocycles. The summed E-state index contributed by atoms with van der Waals surface area (Å²) in [5, 5.41) is 23.8. The van der Waals surface area contributed by atoms with Crippen LogP contribution in [0.4, 0.5) is 11.6 Å². The summed E-state index contributed by atoms with van der Waals surface area (Å²) in [6, 6.07) is 10.0. The number of nitrogens with two attached hydrogens (primary N) is 2. The average molecular weight is 495 g/mol. The zero-order chi connectivity index (χ0) is 22.2. The Morgan fingerprint density at radius 1 is 1.12 bits per heavy atom. The van der Waals surface area contributed by atoms with E-state index in [-0.39, 0.29) is 11.8 Å². The van der Waals surface area contributed by atoms with Gasteiger partial charge >= 0.3 is 0 Å². The maximum Gasteiger partial charge on any atom is 0.146 e. The second-order valence-electron chi connectivity index (χ2n) is 9.00. The van der Waals surface area contributed by atoms with E-state index in [0.29, 0.717) is 17.3 Å². The second-order valence-corrected chi connectivity index (χ2v) is 9.86. The summed E-state index contributed by atoms with van der Waals surface area (Å²) in [4.78, 5) is 12.9. The van der Waals surface area contributed by atoms with Crippen LogP contribution in [-0.2, 0) is 12.0 Å². The molecule has 6 N–H and O–H groups in total. The van der Waals surface area contributed by atoms with Gasteiger partial charge in [0.05, 0.1) is 27.0 Å². The van der Waals surface area contributed by atoms with Gasteiger partial charge in [0.1, 0.15) is 29.7 Å². The number of rotatable bonds is 4. The fraction of sp³-hybridized carbons (Fsp3) is 0.348. The van der Waals surface area contributed by atoms with Gasteiger partial charge in [-0.2, -0.15) is 0 Å². The van der Waals surface area contributed by atoms with Gasteiger partial charge in [0.15, 0.2) is 0 Å². The van der Waals surface area contributed by atoms with Gasteiger partial charge in [-0.05, 0) is 70.8 Å². The van der Waals surface area contributed by atoms with Gasteiger partial charge in [0.2, 0.25) is 0 Å². The van der Waals surface area contributed by atoms with Gasteiger partial charge in [0, 0.05) is 11.6 Å². The topological polar surface area (TPSA) is 136 Å². The minimum absolute atomic E-state index is 0.000257. The van der Waals surface area contributed by atoms with Crippen molar-refractivity contribution in [2.45, 2.75) is 37.0 Å². The number of hydrogen-bond acceptors (Lipinski definition) is 7. The molecule has 2 aliphatic carbocycles. The highest BCUT2D eigenvalue weighted by Gasteiger charge is 2.71. The molecule has 0 bridgehead atoms. The van der Waals surface area contributed by atoms with Crippen molar-refractivity contribution in [3.05, 3.63) is 52.9 Å². The third-order valence-electron chi connectivity index (χ3n) is 7.41. The van der Waals surface area contributed by atoms with Crippen LogP contribution in [0.3, 0.4) is 0 Å². The fourth-order valence-electron chi connectivity index (χ4n) is 5.71. The largest absolute Gasteiger partial charge is 0.390 e. The van der Waals surface area contributed by atoms with E-state index in [4.69, 9.17) is 11.5 Å². The van der Waals surface area contributed by atoms with Crippen molar-refractivity contribution >= 4 is 49.5 Å². The van der Waals surface area contributed by atoms with Crippen LogP contribution in [0.2, 0.25) is 0 Å². The normalized spacial score (nSPS) is 29.0. The summed E-state index contributed by atoms with van der Waals surface area (Å²) >= 11 is 3.42. The van der Waals surface area contributed by atoms with Crippen molar-refractivity contribution in [1.82, 2.24) is 19.5 Å². The third-order valence-corrected chi connectivity index (χ3v) is 8.04. The molecule has 8 nitrogen and oxygen atoms in total. The van der Waals surface area contributed by atoms with Crippen LogP contribution in [-0.4, -0.2) is 41.9 Å². The number of nitrogens with zero attached hydrogens (tertiary/aromatic N) is 4. The second kappa shape index (κ2) is 6.87. The standard InChI is InChI=1S/C23H23BrN6O2/c24-16-8-12-3-1-11(7-17(12)29-21(16)26)2-4-13-15-9-23(15,19(32)18(13)31)30-6-5-14-20(25)27-10-28-22(14)30/h1,3,5-8,10,13,15,18-19,31-32H,2,4,9H2,(H2,26,29)(H2,25,27,28)/t13-,15-,18+,19+,23-/m0/s1. The molecule has 0 radical (unpaired) electrons. The molecule has 2 fully saturated rings. The lowest BCUT2D eigenvalue weighted by molar-refractivity contribution is -0.0184. The number of aliphatic hydroxyl groups excluding tert-OH is 2. The number of aromatic nitrogens is 4. The molecule has 1 aromatic carbocycles. The SMILES string of the molecule is Nc1nc2cc(CC[C@@H]3[C@@H](O)[C@@H](O)[C@]4(n5ccc6c(N)ncnc65)C[C@@H]34)ccc2cc1Br. The lowest BCUT2D eigenvalue weighted by Crippen LogP contribution is -2.38. The van der Waals surface area contributed by atoms with Crippen LogP contribution >= 0.6 is 15.9 Å². The van der Waals surface area contributed by atoms with Crippen LogP contribution < -0.4 is 11.5 Å². The van der Waals surface area contributed by atoms with Gasteiger partial charge in [-0.1, -0.05) is 12.1 Å². The maximum atomic E-state index is 11.1. The maximum absolute atomic E-state index is 11.1. The molecule has 0 unspecified atom stereocenters. The number of halogens is 1. The predicted octanol–water partition coefficient (Wildman–Crippen LogP) is 2.61. The highest BCUT2D eigenvalue weighted by Crippen LogP contribution is 2.65. The van der Waals surface area contributed by atoms with Crippen LogP contribution in [0, 0.1) is 11.8 Å². The van der Waals surface area contributed by atoms with E-state index >= 15 is 0 Å². The summed E-state index contributed by atoms with van der Waals surface area (Å²) in [6.07, 6.45) is 4.10. The van der Waals surface area contributed by atoms with E-state index in [1.807, 2.05) is 29.0 Å². The number of nitrogen functional groups attached to an aromatic ring is 2. The third kappa shape index (κ3) is 2.71. The van der Waals surface area contributed by atoms with Crippen LogP contribution in [0.1, 0.15) is 18.4 Å². The van der Waals surface area contributed by atoms with E-state index in [9.17, 15) is 10.2 Å². The molecule has 2 saturated carbocycles. The first-order chi connectivity index (χ1) is 15.4. The Morgan fingerprint density at radius 3 is 2.81 bits per heavy atom. The van der Waals surface area contributed by atoms with Crippen LogP contribution in [0.15, 0.2) is 47.3 Å². The summed E-state index contributed by atoms with van der Waals surface area (Å²) < 4.78 is 2.79. The van der Waals surface area contributed by atoms with Crippen LogP contribution in [0.5, 0.6) is 0 Å². The first-order valence-electron chi connectivity index (χ1n) is 10.7. The van der Waals surface area contributed by atoms with Gasteiger partial charge in [-0.3, -0.25) is 0 Å². The molecular weight excluding hydrogens is 472 g/mol. The van der Waals surface area contributed by atoms with Gasteiger partial charge < -0.3 is 26.2 Å². The van der Waals surface area contributed by atoms with E-state index < -0.39 is 17.7 Å². The number of aryl methyl sites for hydroxylation is 1. The Balaban J connectivity index is 1.26. The highest BCUT2D eigenvalue weighted by molar-refractivity contribution is 9.10. The van der Waals surface area contributed by atoms with Crippen LogP contribution in [0.25, 0.3) is 21.9 Å². The van der Waals surface area contributed by atoms with Crippen molar-refractivity contribution in [1.29, 1.82) is 0 Å². The molecular formula is C23H23BrN6O2. The van der Waals surface area contributed by atoms with Crippen molar-refractivity contribution < 1.29 is 10.2 Å². The van der Waals surface area contributed by atoms with Gasteiger partial charge in [-0.25, -0.2) is 15.0 Å². The number of fused-ring (bicyclic) bond motifs is 3. The fourth-order valence-corrected chi connectivity index (χ4v) is 6.05. The molecule has 4 aromatic rings. The molecule has 0 aliphatic heterocycles. The quantitative estimate of drug-likeness (QED) is 0.342. The molecule has 6 rings (SSSR count). The summed E-state index contributed by atoms with van der Waals surface area (Å²) in [6.45, 7) is 0. The van der Waals surface area contributed by atoms with Gasteiger partial charge in [-0.15, -0.1) is 0 Å². The van der Waals surface area contributed by atoms with Crippen molar-refractivity contribution in [3.8, 4) is 0 Å². The zero-order valence-corrected chi connectivity index (χ0v) is 18.8. The Kier molecular flexibility index (Phi) is 4.27. The number of aliphatic hydroxyl groups is 2. The zero-order valence-electron chi connectivity index (χ0n) is 17.2. The van der Waals surface area contributed by atoms with E-state index in [1.54, 1.807) is 0 Å². The smallest absolute Gasteiger partial charge is 0.146 e. The van der Waals surface area contributed by atoms with Gasteiger partial charge in [0.25, 0.3) is 0 Å². The molecule has 9 heteroatoms. The summed E-state index contributed by atoms with van der Waals surface area (Å²) in [5.41, 5.74) is 14.1. The molecule has 0 amide bonds. The van der Waals surface area contributed by atoms with Crippen molar-refractivity contribution in [3.63, 3.8) is 0 Å². The Labute approximate surface area is 192 Å². The lowest BCUT2D eigenvalue weighted by atomic mass is 9.92. The summed E-state index contributed by atoms with van der Waals surface area (Å²) in [5.74, 6) is 1.07. The molecule has 32 heavy (non-hydrogen) atoms. The molecule has 2 aliphatic rings. The highest BCUT2D eigenvalue weighted by atomic mass is 79.9. The average Bonchev–Trinajstić information content (AvgIpc) is 3.28. The molecule has 0 saturated heterocycles. The summed E-state index contributed by atoms with van der Waals surface area (Å²) in [7, 11) is 0.